The number of rotatable bonds is 5. The summed E-state index contributed by atoms with van der Waals surface area (Å²) in [6.07, 6.45) is 11.5. The maximum atomic E-state index is 11.4. The van der Waals surface area contributed by atoms with Gasteiger partial charge >= 0.3 is 0 Å². The zero-order chi connectivity index (χ0) is 10.4. The van der Waals surface area contributed by atoms with Crippen LogP contribution in [0.5, 0.6) is 0 Å². The van der Waals surface area contributed by atoms with Gasteiger partial charge < -0.3 is 0 Å². The Kier molecular flexibility index (Phi) is 4.64. The number of Topliss-reactive ketones (excluding diaryl/α,β-unsaturated/α-hetero) is 1. The summed E-state index contributed by atoms with van der Waals surface area (Å²) in [6, 6.07) is 0. The van der Waals surface area contributed by atoms with Crippen molar-refractivity contribution in [2.45, 2.75) is 46.0 Å². The predicted octanol–water partition coefficient (Wildman–Crippen LogP) is 3.66. The van der Waals surface area contributed by atoms with E-state index in [1.807, 2.05) is 0 Å². The van der Waals surface area contributed by atoms with Crippen molar-refractivity contribution in [3.05, 3.63) is 23.8 Å². The Morgan fingerprint density at radius 3 is 2.86 bits per heavy atom. The minimum atomic E-state index is 0.372. The lowest BCUT2D eigenvalue weighted by Crippen LogP contribution is -2.05. The van der Waals surface area contributed by atoms with Crippen molar-refractivity contribution >= 4 is 5.78 Å². The molecule has 0 aromatic heterocycles. The van der Waals surface area contributed by atoms with Gasteiger partial charge in [-0.15, -0.1) is 0 Å². The summed E-state index contributed by atoms with van der Waals surface area (Å²) in [6.45, 7) is 4.30. The first-order valence-electron chi connectivity index (χ1n) is 5.64. The SMILES string of the molecule is CCC=CCCC(C)C1=CCCC1=O. The molecule has 0 saturated carbocycles. The van der Waals surface area contributed by atoms with Crippen molar-refractivity contribution in [1.82, 2.24) is 0 Å². The summed E-state index contributed by atoms with van der Waals surface area (Å²) in [4.78, 5) is 11.4. The molecule has 1 aliphatic carbocycles. The van der Waals surface area contributed by atoms with Crippen LogP contribution in [0.1, 0.15) is 46.0 Å². The number of hydrogen-bond acceptors (Lipinski definition) is 1. The standard InChI is InChI=1S/C13H20O/c1-3-4-5-6-8-11(2)12-9-7-10-13(12)14/h4-5,9,11H,3,6-8,10H2,1-2H3. The highest BCUT2D eigenvalue weighted by Gasteiger charge is 2.19. The van der Waals surface area contributed by atoms with Gasteiger partial charge in [-0.1, -0.05) is 32.1 Å². The number of carbonyl (C=O) groups excluding carboxylic acids is 1. The van der Waals surface area contributed by atoms with Crippen molar-refractivity contribution < 1.29 is 4.79 Å². The molecule has 1 nitrogen and oxygen atoms in total. The second-order valence-corrected chi connectivity index (χ2v) is 3.98. The maximum absolute atomic E-state index is 11.4. The third-order valence-corrected chi connectivity index (χ3v) is 2.76. The molecule has 1 heteroatoms. The number of ketones is 1. The van der Waals surface area contributed by atoms with Crippen molar-refractivity contribution in [3.63, 3.8) is 0 Å². The molecule has 0 spiro atoms. The van der Waals surface area contributed by atoms with Crippen LogP contribution >= 0.6 is 0 Å². The number of allylic oxidation sites excluding steroid dienone is 4. The van der Waals surface area contributed by atoms with E-state index in [1.54, 1.807) is 0 Å². The third-order valence-electron chi connectivity index (χ3n) is 2.76. The van der Waals surface area contributed by atoms with E-state index in [2.05, 4.69) is 32.1 Å². The molecule has 0 saturated heterocycles. The van der Waals surface area contributed by atoms with Crippen LogP contribution in [-0.2, 0) is 4.79 Å². The number of hydrogen-bond donors (Lipinski definition) is 0. The Balaban J connectivity index is 2.31. The van der Waals surface area contributed by atoms with E-state index in [-0.39, 0.29) is 0 Å². The molecule has 1 rings (SSSR count). The van der Waals surface area contributed by atoms with E-state index in [9.17, 15) is 4.79 Å². The zero-order valence-electron chi connectivity index (χ0n) is 9.25. The van der Waals surface area contributed by atoms with E-state index in [0.29, 0.717) is 11.7 Å². The maximum Gasteiger partial charge on any atom is 0.159 e. The zero-order valence-corrected chi connectivity index (χ0v) is 9.25. The van der Waals surface area contributed by atoms with Gasteiger partial charge in [0.1, 0.15) is 0 Å². The summed E-state index contributed by atoms with van der Waals surface area (Å²) < 4.78 is 0. The van der Waals surface area contributed by atoms with Gasteiger partial charge in [-0.2, -0.15) is 0 Å². The molecule has 0 aromatic rings. The molecule has 0 amide bonds. The molecule has 1 aliphatic rings. The van der Waals surface area contributed by atoms with E-state index >= 15 is 0 Å². The van der Waals surface area contributed by atoms with Crippen LogP contribution in [0, 0.1) is 5.92 Å². The highest BCUT2D eigenvalue weighted by Crippen LogP contribution is 2.24. The second-order valence-electron chi connectivity index (χ2n) is 3.98. The predicted molar refractivity (Wildman–Crippen MR) is 60.2 cm³/mol. The fourth-order valence-electron chi connectivity index (χ4n) is 1.88. The van der Waals surface area contributed by atoms with Crippen LogP contribution in [0.25, 0.3) is 0 Å². The molecule has 0 bridgehead atoms. The molecular formula is C13H20O. The smallest absolute Gasteiger partial charge is 0.159 e. The van der Waals surface area contributed by atoms with E-state index in [0.717, 1.165) is 37.7 Å². The van der Waals surface area contributed by atoms with Crippen molar-refractivity contribution in [3.8, 4) is 0 Å². The van der Waals surface area contributed by atoms with Gasteiger partial charge in [-0.05, 0) is 37.2 Å². The molecular weight excluding hydrogens is 172 g/mol. The van der Waals surface area contributed by atoms with Crippen molar-refractivity contribution in [2.75, 3.05) is 0 Å². The third kappa shape index (κ3) is 3.13. The minimum absolute atomic E-state index is 0.372. The first kappa shape index (κ1) is 11.2. The molecule has 0 aliphatic heterocycles. The van der Waals surface area contributed by atoms with Crippen LogP contribution < -0.4 is 0 Å². The quantitative estimate of drug-likeness (QED) is 0.607. The fourth-order valence-corrected chi connectivity index (χ4v) is 1.88. The fraction of sp³-hybridized carbons (Fsp3) is 0.615. The summed E-state index contributed by atoms with van der Waals surface area (Å²) >= 11 is 0. The van der Waals surface area contributed by atoms with Crippen LogP contribution in [0.4, 0.5) is 0 Å². The molecule has 1 atom stereocenters. The lowest BCUT2D eigenvalue weighted by atomic mass is 9.95. The normalized spacial score (nSPS) is 19.0. The van der Waals surface area contributed by atoms with Crippen molar-refractivity contribution in [2.24, 2.45) is 5.92 Å². The second kappa shape index (κ2) is 5.79. The molecule has 0 heterocycles. The van der Waals surface area contributed by atoms with E-state index in [1.165, 1.54) is 0 Å². The number of carbonyl (C=O) groups is 1. The van der Waals surface area contributed by atoms with Gasteiger partial charge in [-0.3, -0.25) is 4.79 Å². The van der Waals surface area contributed by atoms with Gasteiger partial charge in [0.25, 0.3) is 0 Å². The Labute approximate surface area is 86.9 Å². The largest absolute Gasteiger partial charge is 0.295 e. The lowest BCUT2D eigenvalue weighted by molar-refractivity contribution is -0.115. The molecule has 14 heavy (non-hydrogen) atoms. The highest BCUT2D eigenvalue weighted by molar-refractivity contribution is 5.97. The molecule has 78 valence electrons. The van der Waals surface area contributed by atoms with Crippen molar-refractivity contribution in [1.29, 1.82) is 0 Å². The first-order chi connectivity index (χ1) is 6.75. The lowest BCUT2D eigenvalue weighted by Gasteiger charge is -2.09. The summed E-state index contributed by atoms with van der Waals surface area (Å²) in [5.41, 5.74) is 1.08. The van der Waals surface area contributed by atoms with Crippen LogP contribution in [-0.4, -0.2) is 5.78 Å². The minimum Gasteiger partial charge on any atom is -0.295 e. The van der Waals surface area contributed by atoms with E-state index < -0.39 is 0 Å². The highest BCUT2D eigenvalue weighted by atomic mass is 16.1. The van der Waals surface area contributed by atoms with E-state index in [4.69, 9.17) is 0 Å². The average Bonchev–Trinajstić information content (AvgIpc) is 2.59. The Bertz CT molecular complexity index is 248. The summed E-state index contributed by atoms with van der Waals surface area (Å²) in [5, 5.41) is 0. The first-order valence-corrected chi connectivity index (χ1v) is 5.64. The molecule has 0 N–H and O–H groups in total. The summed E-state index contributed by atoms with van der Waals surface area (Å²) in [7, 11) is 0. The van der Waals surface area contributed by atoms with Gasteiger partial charge in [0.15, 0.2) is 5.78 Å². The molecule has 0 fully saturated rings. The topological polar surface area (TPSA) is 17.1 Å². The average molecular weight is 192 g/mol. The van der Waals surface area contributed by atoms with Crippen LogP contribution in [0.2, 0.25) is 0 Å². The molecule has 1 unspecified atom stereocenters. The van der Waals surface area contributed by atoms with Gasteiger partial charge in [0.05, 0.1) is 0 Å². The monoisotopic (exact) mass is 192 g/mol. The Morgan fingerprint density at radius 1 is 1.50 bits per heavy atom. The molecule has 0 radical (unpaired) electrons. The van der Waals surface area contributed by atoms with Gasteiger partial charge in [-0.25, -0.2) is 0 Å². The Hall–Kier alpha value is -0.850. The van der Waals surface area contributed by atoms with Gasteiger partial charge in [0, 0.05) is 6.42 Å². The van der Waals surface area contributed by atoms with Crippen LogP contribution in [0.15, 0.2) is 23.8 Å². The summed E-state index contributed by atoms with van der Waals surface area (Å²) in [5.74, 6) is 0.823. The van der Waals surface area contributed by atoms with Gasteiger partial charge in [0.2, 0.25) is 0 Å². The molecule has 0 aromatic carbocycles. The Morgan fingerprint density at radius 2 is 2.29 bits per heavy atom. The van der Waals surface area contributed by atoms with Crippen LogP contribution in [0.3, 0.4) is 0 Å².